The van der Waals surface area contributed by atoms with Crippen molar-refractivity contribution in [2.75, 3.05) is 7.11 Å². The molecule has 7 heteroatoms. The van der Waals surface area contributed by atoms with Crippen LogP contribution in [0.2, 0.25) is 0 Å². The first-order valence-corrected chi connectivity index (χ1v) is 5.93. The van der Waals surface area contributed by atoms with Gasteiger partial charge in [0.25, 0.3) is 5.69 Å². The monoisotopic (exact) mass is 325 g/mol. The quantitative estimate of drug-likeness (QED) is 0.488. The molecule has 0 fully saturated rings. The Hall–Kier alpha value is -2.15. The molecule has 0 aliphatic rings. The van der Waals surface area contributed by atoms with E-state index in [-0.39, 0.29) is 22.8 Å². The van der Waals surface area contributed by atoms with Crippen LogP contribution in [0.15, 0.2) is 33.2 Å². The van der Waals surface area contributed by atoms with Gasteiger partial charge in [-0.3, -0.25) is 14.9 Å². The molecule has 0 atom stereocenters. The van der Waals surface area contributed by atoms with Gasteiger partial charge in [-0.25, -0.2) is 0 Å². The molecule has 0 N–H and O–H groups in total. The highest BCUT2D eigenvalue weighted by atomic mass is 79.9. The van der Waals surface area contributed by atoms with Crippen molar-refractivity contribution < 1.29 is 18.9 Å². The van der Waals surface area contributed by atoms with Crippen LogP contribution < -0.4 is 4.74 Å². The third-order valence-electron chi connectivity index (χ3n) is 2.46. The van der Waals surface area contributed by atoms with E-state index in [0.29, 0.717) is 16.5 Å². The number of benzene rings is 1. The molecule has 0 aliphatic heterocycles. The van der Waals surface area contributed by atoms with E-state index in [9.17, 15) is 14.9 Å². The normalized spacial score (nSPS) is 10.2. The van der Waals surface area contributed by atoms with E-state index in [1.54, 1.807) is 6.07 Å². The maximum atomic E-state index is 11.1. The summed E-state index contributed by atoms with van der Waals surface area (Å²) in [5.41, 5.74) is 0.0944. The minimum atomic E-state index is -0.536. The second kappa shape index (κ2) is 5.23. The molecule has 6 nitrogen and oxygen atoms in total. The van der Waals surface area contributed by atoms with E-state index >= 15 is 0 Å². The first-order valence-electron chi connectivity index (χ1n) is 5.14. The van der Waals surface area contributed by atoms with Gasteiger partial charge in [0.2, 0.25) is 0 Å². The predicted octanol–water partition coefficient (Wildman–Crippen LogP) is 3.44. The third-order valence-corrected chi connectivity index (χ3v) is 3.09. The lowest BCUT2D eigenvalue weighted by atomic mass is 10.1. The Morgan fingerprint density at radius 2 is 2.16 bits per heavy atom. The van der Waals surface area contributed by atoms with Gasteiger partial charge in [-0.1, -0.05) is 0 Å². The van der Waals surface area contributed by atoms with Gasteiger partial charge in [-0.05, 0) is 34.1 Å². The number of methoxy groups -OCH3 is 1. The molecule has 0 spiro atoms. The van der Waals surface area contributed by atoms with Crippen LogP contribution >= 0.6 is 15.9 Å². The zero-order valence-electron chi connectivity index (χ0n) is 9.75. The molecular weight excluding hydrogens is 318 g/mol. The smallest absolute Gasteiger partial charge is 0.285 e. The summed E-state index contributed by atoms with van der Waals surface area (Å²) in [5, 5.41) is 11.1. The molecule has 0 bridgehead atoms. The molecule has 1 aromatic carbocycles. The van der Waals surface area contributed by atoms with E-state index in [0.717, 1.165) is 0 Å². The highest BCUT2D eigenvalue weighted by Gasteiger charge is 2.23. The van der Waals surface area contributed by atoms with Gasteiger partial charge in [0, 0.05) is 4.47 Å². The summed E-state index contributed by atoms with van der Waals surface area (Å²) in [5.74, 6) is 0.694. The number of carbonyl (C=O) groups is 1. The molecule has 0 aliphatic carbocycles. The lowest BCUT2D eigenvalue weighted by Gasteiger charge is -2.06. The summed E-state index contributed by atoms with van der Waals surface area (Å²) in [6, 6.07) is 5.83. The second-order valence-corrected chi connectivity index (χ2v) is 4.43. The van der Waals surface area contributed by atoms with Crippen LogP contribution in [0.5, 0.6) is 5.75 Å². The van der Waals surface area contributed by atoms with Crippen molar-refractivity contribution in [2.24, 2.45) is 0 Å². The molecule has 0 radical (unpaired) electrons. The minimum absolute atomic E-state index is 0.104. The number of hydrogen-bond acceptors (Lipinski definition) is 5. The standard InChI is InChI=1S/C12H8BrNO5/c1-18-8-4-9(13)12(10(5-8)14(16)17)11-3-2-7(6-15)19-11/h2-6H,1H3. The fourth-order valence-corrected chi connectivity index (χ4v) is 2.25. The fourth-order valence-electron chi connectivity index (χ4n) is 1.62. The Morgan fingerprint density at radius 3 is 2.68 bits per heavy atom. The van der Waals surface area contributed by atoms with Crippen molar-refractivity contribution in [1.29, 1.82) is 0 Å². The first-order chi connectivity index (χ1) is 9.06. The molecule has 0 saturated heterocycles. The molecule has 1 heterocycles. The zero-order valence-corrected chi connectivity index (χ0v) is 11.3. The van der Waals surface area contributed by atoms with Crippen molar-refractivity contribution in [3.8, 4) is 17.1 Å². The van der Waals surface area contributed by atoms with E-state index in [1.807, 2.05) is 0 Å². The molecule has 2 rings (SSSR count). The Balaban J connectivity index is 2.67. The summed E-state index contributed by atoms with van der Waals surface area (Å²) >= 11 is 3.24. The third kappa shape index (κ3) is 2.50. The van der Waals surface area contributed by atoms with Crippen LogP contribution in [0.3, 0.4) is 0 Å². The Morgan fingerprint density at radius 1 is 1.42 bits per heavy atom. The van der Waals surface area contributed by atoms with Gasteiger partial charge < -0.3 is 9.15 Å². The van der Waals surface area contributed by atoms with Gasteiger partial charge in [-0.2, -0.15) is 0 Å². The Labute approximate surface area is 116 Å². The van der Waals surface area contributed by atoms with E-state index in [1.165, 1.54) is 25.3 Å². The number of aldehydes is 1. The first kappa shape index (κ1) is 13.3. The molecule has 98 valence electrons. The number of halogens is 1. The topological polar surface area (TPSA) is 82.6 Å². The maximum absolute atomic E-state index is 11.1. The predicted molar refractivity (Wildman–Crippen MR) is 70.4 cm³/mol. The van der Waals surface area contributed by atoms with Crippen molar-refractivity contribution in [1.82, 2.24) is 0 Å². The summed E-state index contributed by atoms with van der Waals surface area (Å²) in [7, 11) is 1.42. The van der Waals surface area contributed by atoms with Gasteiger partial charge in [0.1, 0.15) is 17.1 Å². The number of nitrogens with zero attached hydrogens (tertiary/aromatic N) is 1. The molecular formula is C12H8BrNO5. The average Bonchev–Trinajstić information content (AvgIpc) is 2.85. The number of rotatable bonds is 4. The van der Waals surface area contributed by atoms with Crippen LogP contribution in [-0.4, -0.2) is 18.3 Å². The molecule has 0 amide bonds. The Bertz CT molecular complexity index is 650. The maximum Gasteiger partial charge on any atom is 0.285 e. The highest BCUT2D eigenvalue weighted by molar-refractivity contribution is 9.10. The Kier molecular flexibility index (Phi) is 3.66. The summed E-state index contributed by atoms with van der Waals surface area (Å²) in [6.45, 7) is 0. The molecule has 0 unspecified atom stereocenters. The van der Waals surface area contributed by atoms with E-state index in [4.69, 9.17) is 9.15 Å². The van der Waals surface area contributed by atoms with Crippen molar-refractivity contribution >= 4 is 27.9 Å². The van der Waals surface area contributed by atoms with Crippen LogP contribution in [0, 0.1) is 10.1 Å². The van der Waals surface area contributed by atoms with E-state index in [2.05, 4.69) is 15.9 Å². The largest absolute Gasteiger partial charge is 0.496 e. The second-order valence-electron chi connectivity index (χ2n) is 3.58. The zero-order chi connectivity index (χ0) is 14.0. The molecule has 0 saturated carbocycles. The van der Waals surface area contributed by atoms with Crippen molar-refractivity contribution in [3.63, 3.8) is 0 Å². The van der Waals surface area contributed by atoms with Crippen LogP contribution in [0.25, 0.3) is 11.3 Å². The minimum Gasteiger partial charge on any atom is -0.496 e. The van der Waals surface area contributed by atoms with Crippen molar-refractivity contribution in [2.45, 2.75) is 0 Å². The number of nitro benzene ring substituents is 1. The lowest BCUT2D eigenvalue weighted by molar-refractivity contribution is -0.384. The van der Waals surface area contributed by atoms with E-state index < -0.39 is 4.92 Å². The number of ether oxygens (including phenoxy) is 1. The molecule has 19 heavy (non-hydrogen) atoms. The van der Waals surface area contributed by atoms with Crippen LogP contribution in [0.4, 0.5) is 5.69 Å². The SMILES string of the molecule is COc1cc(Br)c(-c2ccc(C=O)o2)c([N+](=O)[O-])c1. The molecule has 2 aromatic rings. The summed E-state index contributed by atoms with van der Waals surface area (Å²) < 4.78 is 10.7. The summed E-state index contributed by atoms with van der Waals surface area (Å²) in [4.78, 5) is 21.2. The average molecular weight is 326 g/mol. The van der Waals surface area contributed by atoms with Crippen LogP contribution in [0.1, 0.15) is 10.6 Å². The lowest BCUT2D eigenvalue weighted by Crippen LogP contribution is -1.94. The summed E-state index contributed by atoms with van der Waals surface area (Å²) in [6.07, 6.45) is 0.534. The number of hydrogen-bond donors (Lipinski definition) is 0. The van der Waals surface area contributed by atoms with Crippen LogP contribution in [-0.2, 0) is 0 Å². The number of nitro groups is 1. The van der Waals surface area contributed by atoms with Gasteiger partial charge in [-0.15, -0.1) is 0 Å². The number of furan rings is 1. The van der Waals surface area contributed by atoms with Gasteiger partial charge >= 0.3 is 0 Å². The highest BCUT2D eigenvalue weighted by Crippen LogP contribution is 2.40. The fraction of sp³-hybridized carbons (Fsp3) is 0.0833. The number of carbonyl (C=O) groups excluding carboxylic acids is 1. The van der Waals surface area contributed by atoms with Gasteiger partial charge in [0.05, 0.1) is 18.1 Å². The molecule has 1 aromatic heterocycles. The van der Waals surface area contributed by atoms with Gasteiger partial charge in [0.15, 0.2) is 12.0 Å². The van der Waals surface area contributed by atoms with Crippen molar-refractivity contribution in [3.05, 3.63) is 44.6 Å².